The van der Waals surface area contributed by atoms with Crippen molar-refractivity contribution in [2.75, 3.05) is 0 Å². The van der Waals surface area contributed by atoms with Gasteiger partial charge in [0.2, 0.25) is 0 Å². The third-order valence-corrected chi connectivity index (χ3v) is 6.46. The molecule has 0 aliphatic heterocycles. The third-order valence-electron chi connectivity index (χ3n) is 5.34. The summed E-state index contributed by atoms with van der Waals surface area (Å²) in [6.45, 7) is 2.03. The summed E-state index contributed by atoms with van der Waals surface area (Å²) in [5.74, 6) is 0. The van der Waals surface area contributed by atoms with Crippen molar-refractivity contribution in [3.8, 4) is 0 Å². The Morgan fingerprint density at radius 2 is 1.22 bits per heavy atom. The van der Waals surface area contributed by atoms with Gasteiger partial charge in [-0.15, -0.1) is 0 Å². The standard InChI is InChI=1S/C15H22N11.Al.2H/c1-2-4-15(5-3-1,19-12-24-9-16-6-20-24)23(13-25-10-17-7-21-25)14-26-11-18-8-22-26;;;/h6-11H,1-5,12-14H2;;;/q-1;+1;;. The van der Waals surface area contributed by atoms with Crippen LogP contribution in [0.3, 0.4) is 0 Å². The predicted octanol–water partition coefficient (Wildman–Crippen LogP) is -0.453. The Labute approximate surface area is 165 Å². The Balaban J connectivity index is 1.64. The summed E-state index contributed by atoms with van der Waals surface area (Å²) in [4.78, 5) is 14.8. The molecule has 3 heterocycles. The van der Waals surface area contributed by atoms with Gasteiger partial charge >= 0.3 is 16.5 Å². The molecule has 0 N–H and O–H groups in total. The zero-order valence-electron chi connectivity index (χ0n) is 15.5. The molecule has 12 heteroatoms. The van der Waals surface area contributed by atoms with Gasteiger partial charge in [0.05, 0.1) is 25.7 Å². The van der Waals surface area contributed by atoms with E-state index in [0.29, 0.717) is 13.3 Å². The second kappa shape index (κ2) is 8.26. The molecule has 3 aromatic rings. The largest absolute Gasteiger partial charge is 0.356 e. The third kappa shape index (κ3) is 4.09. The molecule has 4 rings (SSSR count). The van der Waals surface area contributed by atoms with Crippen molar-refractivity contribution in [3.63, 3.8) is 0 Å². The van der Waals surface area contributed by atoms with Crippen molar-refractivity contribution < 1.29 is 0 Å². The molecule has 3 aromatic heterocycles. The maximum absolute atomic E-state index is 4.33. The van der Waals surface area contributed by atoms with Gasteiger partial charge in [-0.3, -0.25) is 0 Å². The van der Waals surface area contributed by atoms with Gasteiger partial charge in [0.1, 0.15) is 38.0 Å². The molecule has 142 valence electrons. The minimum atomic E-state index is -0.0751. The Morgan fingerprint density at radius 3 is 1.67 bits per heavy atom. The fraction of sp³-hybridized carbons (Fsp3) is 0.600. The van der Waals surface area contributed by atoms with Crippen molar-refractivity contribution in [3.05, 3.63) is 38.0 Å². The topological polar surface area (TPSA) is 98.6 Å². The van der Waals surface area contributed by atoms with Crippen LogP contribution in [0.1, 0.15) is 32.1 Å². The number of hydrogen-bond acceptors (Lipinski definition) is 8. The summed E-state index contributed by atoms with van der Waals surface area (Å²) >= 11 is 0.908. The first kappa shape index (κ1) is 18.2. The molecule has 0 aromatic carbocycles. The summed E-state index contributed by atoms with van der Waals surface area (Å²) < 4.78 is 8.15. The highest BCUT2D eigenvalue weighted by atomic mass is 27.1. The molecule has 0 atom stereocenters. The predicted molar refractivity (Wildman–Crippen MR) is 98.1 cm³/mol. The average Bonchev–Trinajstić information content (AvgIpc) is 3.46. The van der Waals surface area contributed by atoms with E-state index in [9.17, 15) is 0 Å². The zero-order valence-corrected chi connectivity index (χ0v) is 17.5. The lowest BCUT2D eigenvalue weighted by Crippen LogP contribution is -2.61. The Hall–Kier alpha value is -2.13. The van der Waals surface area contributed by atoms with Crippen molar-refractivity contribution in [2.24, 2.45) is 0 Å². The summed E-state index contributed by atoms with van der Waals surface area (Å²) in [6.07, 6.45) is 16.0. The maximum Gasteiger partial charge on any atom is 0.326 e. The summed E-state index contributed by atoms with van der Waals surface area (Å²) in [6, 6.07) is 0. The molecule has 0 spiro atoms. The first-order chi connectivity index (χ1) is 13.3. The van der Waals surface area contributed by atoms with Crippen LogP contribution in [0.5, 0.6) is 0 Å². The lowest BCUT2D eigenvalue weighted by atomic mass is 9.87. The Kier molecular flexibility index (Phi) is 5.59. The van der Waals surface area contributed by atoms with Gasteiger partial charge in [0.25, 0.3) is 0 Å². The molecule has 0 amide bonds. The molecule has 0 unspecified atom stereocenters. The van der Waals surface area contributed by atoms with Crippen LogP contribution in [0.2, 0.25) is 0 Å². The minimum absolute atomic E-state index is 0.0751. The SMILES string of the molecule is [AlH2][N](Cn1cncn1)C1(N(Cn2cncn2)Cn2cncn2)CCCCC1. The molecule has 1 saturated carbocycles. The average molecular weight is 385 g/mol. The summed E-state index contributed by atoms with van der Waals surface area (Å²) in [5.41, 5.74) is -0.0751. The molecule has 0 bridgehead atoms. The first-order valence-corrected chi connectivity index (χ1v) is 10.1. The number of aromatic nitrogens is 9. The van der Waals surface area contributed by atoms with E-state index in [1.165, 1.54) is 19.3 Å². The molecular weight excluding hydrogens is 361 g/mol. The van der Waals surface area contributed by atoms with Crippen LogP contribution in [-0.2, 0) is 20.0 Å². The molecule has 1 aliphatic rings. The normalized spacial score (nSPS) is 17.0. The molecule has 1 fully saturated rings. The van der Waals surface area contributed by atoms with Crippen molar-refractivity contribution in [1.82, 2.24) is 53.1 Å². The van der Waals surface area contributed by atoms with Crippen LogP contribution in [0.25, 0.3) is 0 Å². The monoisotopic (exact) mass is 385 g/mol. The lowest BCUT2D eigenvalue weighted by molar-refractivity contribution is -0.0928. The van der Waals surface area contributed by atoms with Crippen LogP contribution in [-0.4, -0.2) is 75.3 Å². The van der Waals surface area contributed by atoms with E-state index in [4.69, 9.17) is 0 Å². The van der Waals surface area contributed by atoms with E-state index in [0.717, 1.165) is 36.0 Å². The van der Waals surface area contributed by atoms with Crippen LogP contribution in [0.15, 0.2) is 38.0 Å². The molecule has 11 nitrogen and oxygen atoms in total. The van der Waals surface area contributed by atoms with E-state index < -0.39 is 0 Å². The van der Waals surface area contributed by atoms with Gasteiger partial charge in [0.15, 0.2) is 0 Å². The Bertz CT molecular complexity index is 744. The van der Waals surface area contributed by atoms with E-state index in [2.05, 4.69) is 39.0 Å². The Morgan fingerprint density at radius 1 is 0.741 bits per heavy atom. The van der Waals surface area contributed by atoms with Crippen molar-refractivity contribution >= 4 is 16.5 Å². The minimum Gasteiger partial charge on any atom is -0.356 e. The quantitative estimate of drug-likeness (QED) is 0.380. The van der Waals surface area contributed by atoms with Crippen LogP contribution < -0.4 is 0 Å². The molecule has 27 heavy (non-hydrogen) atoms. The number of hydrogen-bond donors (Lipinski definition) is 0. The van der Waals surface area contributed by atoms with E-state index in [1.54, 1.807) is 38.0 Å². The van der Waals surface area contributed by atoms with Gasteiger partial charge in [-0.25, -0.2) is 33.9 Å². The van der Waals surface area contributed by atoms with Gasteiger partial charge in [-0.2, -0.15) is 15.3 Å². The maximum atomic E-state index is 4.33. The highest BCUT2D eigenvalue weighted by Gasteiger charge is 2.41. The van der Waals surface area contributed by atoms with Gasteiger partial charge in [-0.1, -0.05) is 19.3 Å². The molecule has 0 radical (unpaired) electrons. The van der Waals surface area contributed by atoms with Crippen LogP contribution in [0.4, 0.5) is 0 Å². The van der Waals surface area contributed by atoms with Gasteiger partial charge < -0.3 is 3.88 Å². The highest BCUT2D eigenvalue weighted by molar-refractivity contribution is 6.04. The highest BCUT2D eigenvalue weighted by Crippen LogP contribution is 2.37. The lowest BCUT2D eigenvalue weighted by Gasteiger charge is -2.52. The van der Waals surface area contributed by atoms with E-state index in [1.807, 2.05) is 14.0 Å². The van der Waals surface area contributed by atoms with Crippen molar-refractivity contribution in [1.29, 1.82) is 0 Å². The number of rotatable bonds is 8. The van der Waals surface area contributed by atoms with Crippen LogP contribution >= 0.6 is 0 Å². The first-order valence-electron chi connectivity index (χ1n) is 9.20. The van der Waals surface area contributed by atoms with Gasteiger partial charge in [-0.05, 0) is 12.8 Å². The molecular formula is C15H24AlN11. The summed E-state index contributed by atoms with van der Waals surface area (Å²) in [5, 5.41) is 13.0. The summed E-state index contributed by atoms with van der Waals surface area (Å²) in [7, 11) is 0. The zero-order chi connectivity index (χ0) is 18.5. The second-order valence-electron chi connectivity index (χ2n) is 7.01. The van der Waals surface area contributed by atoms with E-state index >= 15 is 0 Å². The molecule has 0 saturated heterocycles. The second-order valence-corrected chi connectivity index (χ2v) is 8.09. The van der Waals surface area contributed by atoms with Crippen molar-refractivity contribution in [2.45, 2.75) is 57.8 Å². The fourth-order valence-corrected chi connectivity index (χ4v) is 5.00. The van der Waals surface area contributed by atoms with Gasteiger partial charge in [0, 0.05) is 0 Å². The fourth-order valence-electron chi connectivity index (χ4n) is 3.98. The van der Waals surface area contributed by atoms with Crippen LogP contribution in [0, 0.1) is 0 Å². The number of nitrogens with zero attached hydrogens (tertiary/aromatic N) is 11. The smallest absolute Gasteiger partial charge is 0.326 e. The van der Waals surface area contributed by atoms with E-state index in [-0.39, 0.29) is 5.66 Å². The molecule has 1 aliphatic carbocycles.